The summed E-state index contributed by atoms with van der Waals surface area (Å²) in [6, 6.07) is 0. The van der Waals surface area contributed by atoms with Crippen LogP contribution in [0.5, 0.6) is 0 Å². The average Bonchev–Trinajstić information content (AvgIpc) is 2.63. The molecule has 5 heteroatoms. The Hall–Kier alpha value is -1.10. The van der Waals surface area contributed by atoms with Gasteiger partial charge < -0.3 is 10.4 Å². The third-order valence-electron chi connectivity index (χ3n) is 3.36. The minimum atomic E-state index is -0.724. The second kappa shape index (κ2) is 6.00. The summed E-state index contributed by atoms with van der Waals surface area (Å²) >= 11 is 0. The first-order valence-electron chi connectivity index (χ1n) is 6.26. The standard InChI is InChI=1S/C12H22N2O3/c1-3-5-12(11(16)17)6-7-14(9-12)8-10(15)13-4-2/h3-9H2,1-2H3,(H,13,15)(H,16,17). The number of carboxylic acid groups (broad SMARTS) is 1. The third kappa shape index (κ3) is 3.43. The lowest BCUT2D eigenvalue weighted by Crippen LogP contribution is -2.39. The lowest BCUT2D eigenvalue weighted by molar-refractivity contribution is -0.148. The summed E-state index contributed by atoms with van der Waals surface area (Å²) in [5.74, 6) is -0.747. The maximum absolute atomic E-state index is 11.4. The number of amides is 1. The average molecular weight is 242 g/mol. The Morgan fingerprint density at radius 2 is 2.12 bits per heavy atom. The van der Waals surface area contributed by atoms with E-state index < -0.39 is 11.4 Å². The van der Waals surface area contributed by atoms with E-state index in [0.717, 1.165) is 6.42 Å². The quantitative estimate of drug-likeness (QED) is 0.719. The fraction of sp³-hybridized carbons (Fsp3) is 0.833. The minimum Gasteiger partial charge on any atom is -0.481 e. The fourth-order valence-electron chi connectivity index (χ4n) is 2.51. The van der Waals surface area contributed by atoms with Crippen molar-refractivity contribution in [1.82, 2.24) is 10.2 Å². The summed E-state index contributed by atoms with van der Waals surface area (Å²) in [5, 5.41) is 12.1. The van der Waals surface area contributed by atoms with Crippen molar-refractivity contribution < 1.29 is 14.7 Å². The second-order valence-corrected chi connectivity index (χ2v) is 4.75. The number of carboxylic acids is 1. The van der Waals surface area contributed by atoms with Crippen LogP contribution in [-0.2, 0) is 9.59 Å². The van der Waals surface area contributed by atoms with Crippen molar-refractivity contribution in [2.24, 2.45) is 5.41 Å². The van der Waals surface area contributed by atoms with Crippen LogP contribution in [-0.4, -0.2) is 48.1 Å². The zero-order chi connectivity index (χ0) is 12.9. The molecule has 1 atom stereocenters. The summed E-state index contributed by atoms with van der Waals surface area (Å²) in [4.78, 5) is 24.7. The summed E-state index contributed by atoms with van der Waals surface area (Å²) in [5.41, 5.74) is -0.638. The Kier molecular flexibility index (Phi) is 4.93. The SMILES string of the molecule is CCCC1(C(=O)O)CCN(CC(=O)NCC)C1. The normalized spacial score (nSPS) is 24.8. The largest absolute Gasteiger partial charge is 0.481 e. The van der Waals surface area contributed by atoms with E-state index in [1.54, 1.807) is 0 Å². The predicted octanol–water partition coefficient (Wildman–Crippen LogP) is 0.699. The van der Waals surface area contributed by atoms with Crippen molar-refractivity contribution in [3.63, 3.8) is 0 Å². The first kappa shape index (κ1) is 14.0. The first-order valence-corrected chi connectivity index (χ1v) is 6.26. The summed E-state index contributed by atoms with van der Waals surface area (Å²) < 4.78 is 0. The van der Waals surface area contributed by atoms with Crippen molar-refractivity contribution in [2.75, 3.05) is 26.2 Å². The third-order valence-corrected chi connectivity index (χ3v) is 3.36. The smallest absolute Gasteiger partial charge is 0.310 e. The number of carbonyl (C=O) groups excluding carboxylic acids is 1. The number of hydrogen-bond acceptors (Lipinski definition) is 3. The van der Waals surface area contributed by atoms with Gasteiger partial charge >= 0.3 is 5.97 Å². The number of nitrogens with one attached hydrogen (secondary N) is 1. The Morgan fingerprint density at radius 1 is 1.41 bits per heavy atom. The fourth-order valence-corrected chi connectivity index (χ4v) is 2.51. The van der Waals surface area contributed by atoms with Crippen LogP contribution in [0.2, 0.25) is 0 Å². The molecule has 0 aromatic carbocycles. The van der Waals surface area contributed by atoms with Gasteiger partial charge in [0.25, 0.3) is 0 Å². The predicted molar refractivity (Wildman–Crippen MR) is 64.7 cm³/mol. The van der Waals surface area contributed by atoms with Gasteiger partial charge in [-0.05, 0) is 26.3 Å². The van der Waals surface area contributed by atoms with Crippen molar-refractivity contribution in [3.8, 4) is 0 Å². The molecule has 0 radical (unpaired) electrons. The lowest BCUT2D eigenvalue weighted by atomic mass is 9.83. The number of rotatable bonds is 6. The maximum Gasteiger partial charge on any atom is 0.310 e. The van der Waals surface area contributed by atoms with Crippen LogP contribution < -0.4 is 5.32 Å². The van der Waals surface area contributed by atoms with Crippen molar-refractivity contribution in [2.45, 2.75) is 33.1 Å². The summed E-state index contributed by atoms with van der Waals surface area (Å²) in [7, 11) is 0. The molecule has 1 saturated heterocycles. The molecule has 0 aliphatic carbocycles. The molecule has 1 aliphatic heterocycles. The first-order chi connectivity index (χ1) is 8.04. The highest BCUT2D eigenvalue weighted by Gasteiger charge is 2.44. The molecule has 1 rings (SSSR count). The van der Waals surface area contributed by atoms with Crippen LogP contribution in [0.25, 0.3) is 0 Å². The zero-order valence-electron chi connectivity index (χ0n) is 10.7. The molecule has 0 aromatic rings. The van der Waals surface area contributed by atoms with E-state index in [1.807, 2.05) is 18.7 Å². The summed E-state index contributed by atoms with van der Waals surface area (Å²) in [6.07, 6.45) is 2.20. The van der Waals surface area contributed by atoms with Gasteiger partial charge in [0.1, 0.15) is 0 Å². The van der Waals surface area contributed by atoms with E-state index in [9.17, 15) is 14.7 Å². The number of aliphatic carboxylic acids is 1. The minimum absolute atomic E-state index is 0.0230. The van der Waals surface area contributed by atoms with Gasteiger partial charge in [0.15, 0.2) is 0 Å². The van der Waals surface area contributed by atoms with E-state index in [-0.39, 0.29) is 5.91 Å². The van der Waals surface area contributed by atoms with E-state index in [4.69, 9.17) is 0 Å². The van der Waals surface area contributed by atoms with E-state index >= 15 is 0 Å². The van der Waals surface area contributed by atoms with Crippen molar-refractivity contribution >= 4 is 11.9 Å². The number of nitrogens with zero attached hydrogens (tertiary/aromatic N) is 1. The topological polar surface area (TPSA) is 69.6 Å². The second-order valence-electron chi connectivity index (χ2n) is 4.75. The molecular formula is C12H22N2O3. The number of hydrogen-bond donors (Lipinski definition) is 2. The molecule has 5 nitrogen and oxygen atoms in total. The Morgan fingerprint density at radius 3 is 2.65 bits per heavy atom. The molecule has 1 amide bonds. The van der Waals surface area contributed by atoms with Crippen LogP contribution in [0.1, 0.15) is 33.1 Å². The molecule has 98 valence electrons. The lowest BCUT2D eigenvalue weighted by Gasteiger charge is -2.24. The van der Waals surface area contributed by atoms with Gasteiger partial charge in [-0.3, -0.25) is 14.5 Å². The van der Waals surface area contributed by atoms with Gasteiger partial charge in [-0.1, -0.05) is 13.3 Å². The Bertz CT molecular complexity index is 293. The zero-order valence-corrected chi connectivity index (χ0v) is 10.7. The molecule has 2 N–H and O–H groups in total. The van der Waals surface area contributed by atoms with Crippen LogP contribution in [0.3, 0.4) is 0 Å². The monoisotopic (exact) mass is 242 g/mol. The molecule has 0 spiro atoms. The van der Waals surface area contributed by atoms with Crippen molar-refractivity contribution in [1.29, 1.82) is 0 Å². The highest BCUT2D eigenvalue weighted by atomic mass is 16.4. The maximum atomic E-state index is 11.4. The van der Waals surface area contributed by atoms with Gasteiger partial charge in [-0.25, -0.2) is 0 Å². The van der Waals surface area contributed by atoms with Crippen LogP contribution in [0.4, 0.5) is 0 Å². The Balaban J connectivity index is 2.54. The molecular weight excluding hydrogens is 220 g/mol. The van der Waals surface area contributed by atoms with Gasteiger partial charge in [0.2, 0.25) is 5.91 Å². The van der Waals surface area contributed by atoms with Gasteiger partial charge in [0.05, 0.1) is 12.0 Å². The molecule has 0 bridgehead atoms. The highest BCUT2D eigenvalue weighted by molar-refractivity contribution is 5.79. The molecule has 1 aliphatic rings. The van der Waals surface area contributed by atoms with Gasteiger partial charge in [-0.15, -0.1) is 0 Å². The van der Waals surface area contributed by atoms with Crippen LogP contribution >= 0.6 is 0 Å². The van der Waals surface area contributed by atoms with E-state index in [0.29, 0.717) is 39.0 Å². The molecule has 1 unspecified atom stereocenters. The van der Waals surface area contributed by atoms with Crippen LogP contribution in [0.15, 0.2) is 0 Å². The molecule has 0 saturated carbocycles. The van der Waals surface area contributed by atoms with Gasteiger partial charge in [0, 0.05) is 13.1 Å². The number of likely N-dealkylation sites (tertiary alicyclic amines) is 1. The van der Waals surface area contributed by atoms with Crippen molar-refractivity contribution in [3.05, 3.63) is 0 Å². The molecule has 0 aromatic heterocycles. The summed E-state index contributed by atoms with van der Waals surface area (Å²) in [6.45, 7) is 5.99. The number of carbonyl (C=O) groups is 2. The van der Waals surface area contributed by atoms with Gasteiger partial charge in [-0.2, -0.15) is 0 Å². The van der Waals surface area contributed by atoms with E-state index in [1.165, 1.54) is 0 Å². The van der Waals surface area contributed by atoms with Crippen LogP contribution in [0, 0.1) is 5.41 Å². The number of likely N-dealkylation sites (N-methyl/N-ethyl adjacent to an activating group) is 1. The molecule has 17 heavy (non-hydrogen) atoms. The molecule has 1 fully saturated rings. The highest BCUT2D eigenvalue weighted by Crippen LogP contribution is 2.35. The Labute approximate surface area is 102 Å². The molecule has 1 heterocycles. The van der Waals surface area contributed by atoms with E-state index in [2.05, 4.69) is 5.32 Å².